The lowest BCUT2D eigenvalue weighted by molar-refractivity contribution is -0.170. The van der Waals surface area contributed by atoms with Crippen LogP contribution in [0.2, 0.25) is 0 Å². The molecular formula is C20H24O5. The van der Waals surface area contributed by atoms with Crippen molar-refractivity contribution in [2.45, 2.75) is 59.2 Å². The molecule has 134 valence electrons. The van der Waals surface area contributed by atoms with E-state index in [9.17, 15) is 14.4 Å². The molecule has 3 rings (SSSR count). The van der Waals surface area contributed by atoms with Crippen LogP contribution in [0.15, 0.2) is 34.9 Å². The van der Waals surface area contributed by atoms with Gasteiger partial charge in [-0.25, -0.2) is 9.59 Å². The van der Waals surface area contributed by atoms with Crippen LogP contribution in [0.3, 0.4) is 0 Å². The van der Waals surface area contributed by atoms with Crippen molar-refractivity contribution in [3.63, 3.8) is 0 Å². The minimum atomic E-state index is -1.33. The first-order valence-corrected chi connectivity index (χ1v) is 8.66. The van der Waals surface area contributed by atoms with Crippen LogP contribution < -0.4 is 0 Å². The van der Waals surface area contributed by atoms with Crippen LogP contribution in [0.4, 0.5) is 0 Å². The predicted molar refractivity (Wildman–Crippen MR) is 91.5 cm³/mol. The summed E-state index contributed by atoms with van der Waals surface area (Å²) in [6, 6.07) is 0. The second-order valence-corrected chi connectivity index (χ2v) is 7.59. The van der Waals surface area contributed by atoms with Gasteiger partial charge in [0.25, 0.3) is 0 Å². The number of rotatable bonds is 2. The molecule has 0 bridgehead atoms. The highest BCUT2D eigenvalue weighted by Crippen LogP contribution is 2.54. The predicted octanol–water partition coefficient (Wildman–Crippen LogP) is 3.05. The Hall–Kier alpha value is -2.17. The van der Waals surface area contributed by atoms with Crippen LogP contribution in [-0.2, 0) is 23.9 Å². The molecule has 5 heteroatoms. The Morgan fingerprint density at radius 2 is 2.04 bits per heavy atom. The molecule has 3 aliphatic rings. The molecule has 0 N–H and O–H groups in total. The van der Waals surface area contributed by atoms with E-state index in [0.717, 1.165) is 12.0 Å². The van der Waals surface area contributed by atoms with E-state index in [1.807, 2.05) is 6.08 Å². The summed E-state index contributed by atoms with van der Waals surface area (Å²) in [5, 5.41) is 0. The van der Waals surface area contributed by atoms with Crippen molar-refractivity contribution in [1.29, 1.82) is 0 Å². The van der Waals surface area contributed by atoms with Crippen molar-refractivity contribution in [2.24, 2.45) is 11.3 Å². The standard InChI is InChI=1S/C20H24O5/c1-6-11(2)17(22)25-20(5)13-7-9-19(4)10-8-14(21)12(3)15(19)16(13)24-18(20)23/h6,8,10,13,16H,7,9H2,1-5H3/b11-6-/t13-,16+,19+,20-/m1/s1. The van der Waals surface area contributed by atoms with Gasteiger partial charge in [0.1, 0.15) is 6.10 Å². The Bertz CT molecular complexity index is 756. The van der Waals surface area contributed by atoms with E-state index in [1.54, 1.807) is 39.8 Å². The smallest absolute Gasteiger partial charge is 0.351 e. The topological polar surface area (TPSA) is 69.7 Å². The number of ether oxygens (including phenoxy) is 2. The molecule has 4 atom stereocenters. The number of fused-ring (bicyclic) bond motifs is 3. The first kappa shape index (κ1) is 17.6. The third-order valence-corrected chi connectivity index (χ3v) is 6.02. The molecule has 0 aromatic heterocycles. The Labute approximate surface area is 147 Å². The lowest BCUT2D eigenvalue weighted by Gasteiger charge is -2.44. The molecule has 5 nitrogen and oxygen atoms in total. The first-order chi connectivity index (χ1) is 11.6. The van der Waals surface area contributed by atoms with Gasteiger partial charge in [-0.05, 0) is 52.2 Å². The van der Waals surface area contributed by atoms with Gasteiger partial charge in [0.05, 0.1) is 5.92 Å². The summed E-state index contributed by atoms with van der Waals surface area (Å²) in [6.45, 7) is 8.86. The maximum Gasteiger partial charge on any atom is 0.351 e. The van der Waals surface area contributed by atoms with Crippen LogP contribution in [0.1, 0.15) is 47.5 Å². The zero-order valence-corrected chi connectivity index (χ0v) is 15.3. The molecular weight excluding hydrogens is 320 g/mol. The minimum Gasteiger partial charge on any atom is -0.454 e. The van der Waals surface area contributed by atoms with Crippen LogP contribution in [0.25, 0.3) is 0 Å². The number of carbonyl (C=O) groups is 3. The van der Waals surface area contributed by atoms with Crippen LogP contribution in [0, 0.1) is 11.3 Å². The van der Waals surface area contributed by atoms with Gasteiger partial charge < -0.3 is 9.47 Å². The fraction of sp³-hybridized carbons (Fsp3) is 0.550. The molecule has 1 heterocycles. The second kappa shape index (κ2) is 5.68. The Balaban J connectivity index is 1.99. The van der Waals surface area contributed by atoms with Crippen molar-refractivity contribution in [1.82, 2.24) is 0 Å². The van der Waals surface area contributed by atoms with Crippen molar-refractivity contribution in [3.05, 3.63) is 34.9 Å². The van der Waals surface area contributed by atoms with E-state index in [0.29, 0.717) is 17.6 Å². The monoisotopic (exact) mass is 344 g/mol. The molecule has 1 aliphatic heterocycles. The number of esters is 2. The zero-order chi connectivity index (χ0) is 18.6. The van der Waals surface area contributed by atoms with E-state index in [4.69, 9.17) is 9.47 Å². The van der Waals surface area contributed by atoms with Gasteiger partial charge in [0.15, 0.2) is 5.78 Å². The average Bonchev–Trinajstić information content (AvgIpc) is 2.81. The van der Waals surface area contributed by atoms with E-state index < -0.39 is 23.6 Å². The zero-order valence-electron chi connectivity index (χ0n) is 15.3. The Morgan fingerprint density at radius 1 is 1.36 bits per heavy atom. The number of carbonyl (C=O) groups excluding carboxylic acids is 3. The van der Waals surface area contributed by atoms with Gasteiger partial charge in [0, 0.05) is 16.6 Å². The molecule has 1 saturated carbocycles. The summed E-state index contributed by atoms with van der Waals surface area (Å²) in [4.78, 5) is 37.0. The summed E-state index contributed by atoms with van der Waals surface area (Å²) < 4.78 is 11.3. The molecule has 1 saturated heterocycles. The van der Waals surface area contributed by atoms with Crippen LogP contribution >= 0.6 is 0 Å². The normalized spacial score (nSPS) is 37.6. The molecule has 0 aromatic rings. The largest absolute Gasteiger partial charge is 0.454 e. The van der Waals surface area contributed by atoms with Crippen molar-refractivity contribution in [3.8, 4) is 0 Å². The summed E-state index contributed by atoms with van der Waals surface area (Å²) in [7, 11) is 0. The summed E-state index contributed by atoms with van der Waals surface area (Å²) in [5.74, 6) is -1.39. The minimum absolute atomic E-state index is 0.0560. The highest BCUT2D eigenvalue weighted by molar-refractivity contribution is 6.06. The van der Waals surface area contributed by atoms with Gasteiger partial charge in [-0.1, -0.05) is 19.1 Å². The lowest BCUT2D eigenvalue weighted by atomic mass is 9.61. The van der Waals surface area contributed by atoms with E-state index in [2.05, 4.69) is 6.92 Å². The number of ketones is 1. The molecule has 0 radical (unpaired) electrons. The number of allylic oxidation sites excluding steroid dienone is 4. The second-order valence-electron chi connectivity index (χ2n) is 7.59. The van der Waals surface area contributed by atoms with Gasteiger partial charge in [-0.3, -0.25) is 4.79 Å². The Kier molecular flexibility index (Phi) is 4.01. The van der Waals surface area contributed by atoms with Gasteiger partial charge >= 0.3 is 11.9 Å². The van der Waals surface area contributed by atoms with Gasteiger partial charge in [0.2, 0.25) is 5.60 Å². The van der Waals surface area contributed by atoms with Gasteiger partial charge in [-0.2, -0.15) is 0 Å². The molecule has 2 fully saturated rings. The fourth-order valence-electron chi connectivity index (χ4n) is 4.20. The number of hydrogen-bond donors (Lipinski definition) is 0. The lowest BCUT2D eigenvalue weighted by Crippen LogP contribution is -2.48. The molecule has 2 aliphatic carbocycles. The number of hydrogen-bond acceptors (Lipinski definition) is 5. The maximum absolute atomic E-state index is 12.6. The summed E-state index contributed by atoms with van der Waals surface area (Å²) in [6.07, 6.45) is 6.10. The average molecular weight is 344 g/mol. The molecule has 0 amide bonds. The van der Waals surface area contributed by atoms with Crippen molar-refractivity contribution < 1.29 is 23.9 Å². The molecule has 0 unspecified atom stereocenters. The van der Waals surface area contributed by atoms with E-state index >= 15 is 0 Å². The third-order valence-electron chi connectivity index (χ3n) is 6.02. The van der Waals surface area contributed by atoms with Crippen LogP contribution in [-0.4, -0.2) is 29.4 Å². The van der Waals surface area contributed by atoms with Gasteiger partial charge in [-0.15, -0.1) is 0 Å². The molecule has 0 aromatic carbocycles. The van der Waals surface area contributed by atoms with E-state index in [-0.39, 0.29) is 17.1 Å². The van der Waals surface area contributed by atoms with Crippen molar-refractivity contribution >= 4 is 17.7 Å². The summed E-state index contributed by atoms with van der Waals surface area (Å²) in [5.41, 5.74) is 0.308. The fourth-order valence-corrected chi connectivity index (χ4v) is 4.20. The highest BCUT2D eigenvalue weighted by atomic mass is 16.6. The van der Waals surface area contributed by atoms with Crippen LogP contribution in [0.5, 0.6) is 0 Å². The molecule has 25 heavy (non-hydrogen) atoms. The molecule has 0 spiro atoms. The SMILES string of the molecule is C/C=C(/C)C(=O)O[C@@]1(C)C(=O)O[C@@H]2C3=C(C)C(=O)C=C[C@]3(C)CC[C@H]21. The van der Waals surface area contributed by atoms with Crippen molar-refractivity contribution in [2.75, 3.05) is 0 Å². The first-order valence-electron chi connectivity index (χ1n) is 8.66. The maximum atomic E-state index is 12.6. The Morgan fingerprint density at radius 3 is 2.68 bits per heavy atom. The third kappa shape index (κ3) is 2.48. The van der Waals surface area contributed by atoms with E-state index in [1.165, 1.54) is 0 Å². The summed E-state index contributed by atoms with van der Waals surface area (Å²) >= 11 is 0. The quantitative estimate of drug-likeness (QED) is 0.569. The highest BCUT2D eigenvalue weighted by Gasteiger charge is 2.62.